The average molecular weight is 673 g/mol. The number of hydrogen-bond acceptors (Lipinski definition) is 4. The number of halogens is 4. The summed E-state index contributed by atoms with van der Waals surface area (Å²) in [5.74, 6) is -0.831. The standard InChI is InChI=1S/C30H33Cl4N3O4S/c1-5-28(30(39)35-16-19(2)3)36(17-23-24(31)7-6-8-25(23)32)29(38)18-37(21-11-14-26(33)27(34)15-21)42(40,41)22-12-9-20(4)10-13-22/h6-15,19,28H,5,16-18H2,1-4H3,(H,35,39)/t28-/m0/s1. The molecule has 3 rings (SSSR count). The van der Waals surface area contributed by atoms with E-state index >= 15 is 0 Å². The molecule has 0 radical (unpaired) electrons. The molecular formula is C30H33Cl4N3O4S. The summed E-state index contributed by atoms with van der Waals surface area (Å²) < 4.78 is 28.9. The number of hydrogen-bond donors (Lipinski definition) is 1. The number of nitrogens with one attached hydrogen (secondary N) is 1. The van der Waals surface area contributed by atoms with Crippen molar-refractivity contribution in [2.45, 2.75) is 51.6 Å². The molecule has 1 atom stereocenters. The minimum atomic E-state index is -4.26. The van der Waals surface area contributed by atoms with Crippen molar-refractivity contribution in [2.24, 2.45) is 5.92 Å². The van der Waals surface area contributed by atoms with Crippen LogP contribution in [0.2, 0.25) is 20.1 Å². The van der Waals surface area contributed by atoms with Crippen LogP contribution in [-0.2, 0) is 26.2 Å². The second kappa shape index (κ2) is 14.8. The zero-order valence-electron chi connectivity index (χ0n) is 23.7. The van der Waals surface area contributed by atoms with Gasteiger partial charge in [0.2, 0.25) is 11.8 Å². The predicted molar refractivity (Wildman–Crippen MR) is 171 cm³/mol. The molecule has 0 bridgehead atoms. The second-order valence-corrected chi connectivity index (χ2v) is 13.7. The Kier molecular flexibility index (Phi) is 12.0. The topological polar surface area (TPSA) is 86.8 Å². The summed E-state index contributed by atoms with van der Waals surface area (Å²) in [5, 5.41) is 3.84. The van der Waals surface area contributed by atoms with E-state index in [1.54, 1.807) is 37.3 Å². The number of anilines is 1. The van der Waals surface area contributed by atoms with Crippen LogP contribution in [-0.4, -0.2) is 44.3 Å². The first kappa shape index (κ1) is 34.0. The lowest BCUT2D eigenvalue weighted by Gasteiger charge is -2.33. The summed E-state index contributed by atoms with van der Waals surface area (Å²) in [4.78, 5) is 28.8. The summed E-state index contributed by atoms with van der Waals surface area (Å²) in [6, 6.07) is 14.6. The van der Waals surface area contributed by atoms with Gasteiger partial charge in [0.25, 0.3) is 10.0 Å². The van der Waals surface area contributed by atoms with Crippen molar-refractivity contribution in [1.82, 2.24) is 10.2 Å². The number of nitrogens with zero attached hydrogens (tertiary/aromatic N) is 2. The van der Waals surface area contributed by atoms with Gasteiger partial charge in [-0.05, 0) is 61.7 Å². The third-order valence-corrected chi connectivity index (χ3v) is 9.77. The molecule has 1 N–H and O–H groups in total. The molecule has 226 valence electrons. The molecule has 7 nitrogen and oxygen atoms in total. The Bertz CT molecular complexity index is 1510. The number of benzene rings is 3. The summed E-state index contributed by atoms with van der Waals surface area (Å²) in [6.07, 6.45) is 0.259. The van der Waals surface area contributed by atoms with Crippen molar-refractivity contribution < 1.29 is 18.0 Å². The smallest absolute Gasteiger partial charge is 0.264 e. The normalized spacial score (nSPS) is 12.2. The van der Waals surface area contributed by atoms with Gasteiger partial charge < -0.3 is 10.2 Å². The van der Waals surface area contributed by atoms with E-state index in [0.717, 1.165) is 9.87 Å². The molecule has 0 aliphatic rings. The SMILES string of the molecule is CC[C@@H](C(=O)NCC(C)C)N(Cc1c(Cl)cccc1Cl)C(=O)CN(c1ccc(Cl)c(Cl)c1)S(=O)(=O)c1ccc(C)cc1. The lowest BCUT2D eigenvalue weighted by Crippen LogP contribution is -2.52. The van der Waals surface area contributed by atoms with E-state index in [2.05, 4.69) is 5.32 Å². The fourth-order valence-corrected chi connectivity index (χ4v) is 6.42. The van der Waals surface area contributed by atoms with Crippen LogP contribution in [0, 0.1) is 12.8 Å². The molecule has 0 fully saturated rings. The molecule has 3 aromatic carbocycles. The lowest BCUT2D eigenvalue weighted by molar-refractivity contribution is -0.140. The van der Waals surface area contributed by atoms with Gasteiger partial charge >= 0.3 is 0 Å². The Morgan fingerprint density at radius 2 is 1.50 bits per heavy atom. The van der Waals surface area contributed by atoms with Crippen molar-refractivity contribution >= 4 is 73.9 Å². The van der Waals surface area contributed by atoms with Gasteiger partial charge in [-0.1, -0.05) is 90.9 Å². The van der Waals surface area contributed by atoms with Crippen LogP contribution < -0.4 is 9.62 Å². The van der Waals surface area contributed by atoms with Crippen molar-refractivity contribution in [2.75, 3.05) is 17.4 Å². The van der Waals surface area contributed by atoms with Gasteiger partial charge in [-0.2, -0.15) is 0 Å². The van der Waals surface area contributed by atoms with Crippen LogP contribution in [0.4, 0.5) is 5.69 Å². The van der Waals surface area contributed by atoms with Crippen molar-refractivity contribution in [1.29, 1.82) is 0 Å². The molecule has 2 amide bonds. The molecule has 12 heteroatoms. The van der Waals surface area contributed by atoms with E-state index in [1.165, 1.54) is 35.2 Å². The van der Waals surface area contributed by atoms with Crippen molar-refractivity contribution in [3.8, 4) is 0 Å². The molecule has 42 heavy (non-hydrogen) atoms. The second-order valence-electron chi connectivity index (χ2n) is 10.2. The fourth-order valence-electron chi connectivity index (χ4n) is 4.20. The Hall–Kier alpha value is -2.49. The van der Waals surface area contributed by atoms with Crippen LogP contribution in [0.15, 0.2) is 65.6 Å². The number of amides is 2. The fraction of sp³-hybridized carbons (Fsp3) is 0.333. The van der Waals surface area contributed by atoms with E-state index < -0.39 is 28.5 Å². The maximum absolute atomic E-state index is 14.2. The highest BCUT2D eigenvalue weighted by Gasteiger charge is 2.34. The molecule has 3 aromatic rings. The van der Waals surface area contributed by atoms with E-state index in [9.17, 15) is 18.0 Å². The molecule has 0 aromatic heterocycles. The third-order valence-electron chi connectivity index (χ3n) is 6.54. The van der Waals surface area contributed by atoms with Gasteiger partial charge in [-0.15, -0.1) is 0 Å². The molecule has 0 heterocycles. The van der Waals surface area contributed by atoms with Gasteiger partial charge in [0.05, 0.1) is 20.6 Å². The minimum Gasteiger partial charge on any atom is -0.354 e. The Morgan fingerprint density at radius 1 is 0.881 bits per heavy atom. The number of carbonyl (C=O) groups excluding carboxylic acids is 2. The Labute approximate surface area is 267 Å². The summed E-state index contributed by atoms with van der Waals surface area (Å²) in [7, 11) is -4.26. The zero-order chi connectivity index (χ0) is 31.2. The average Bonchev–Trinajstić information content (AvgIpc) is 2.93. The third kappa shape index (κ3) is 8.32. The number of carbonyl (C=O) groups is 2. The highest BCUT2D eigenvalue weighted by molar-refractivity contribution is 7.92. The predicted octanol–water partition coefficient (Wildman–Crippen LogP) is 7.38. The van der Waals surface area contributed by atoms with Crippen molar-refractivity contribution in [3.05, 3.63) is 91.9 Å². The number of aryl methyl sites for hydroxylation is 1. The Morgan fingerprint density at radius 3 is 2.05 bits per heavy atom. The summed E-state index contributed by atoms with van der Waals surface area (Å²) in [5.41, 5.74) is 1.44. The molecule has 0 aliphatic heterocycles. The van der Waals surface area contributed by atoms with Gasteiger partial charge in [0.15, 0.2) is 0 Å². The Balaban J connectivity index is 2.11. The van der Waals surface area contributed by atoms with Crippen LogP contribution in [0.1, 0.15) is 38.3 Å². The number of sulfonamides is 1. The first-order chi connectivity index (χ1) is 19.8. The van der Waals surface area contributed by atoms with Crippen LogP contribution in [0.3, 0.4) is 0 Å². The molecule has 0 unspecified atom stereocenters. The van der Waals surface area contributed by atoms with E-state index in [4.69, 9.17) is 46.4 Å². The first-order valence-corrected chi connectivity index (χ1v) is 16.3. The molecule has 0 saturated heterocycles. The molecule has 0 aliphatic carbocycles. The van der Waals surface area contributed by atoms with Crippen LogP contribution in [0.5, 0.6) is 0 Å². The molecular weight excluding hydrogens is 640 g/mol. The van der Waals surface area contributed by atoms with Gasteiger partial charge in [0, 0.05) is 28.7 Å². The highest BCUT2D eigenvalue weighted by Crippen LogP contribution is 2.32. The van der Waals surface area contributed by atoms with Crippen molar-refractivity contribution in [3.63, 3.8) is 0 Å². The van der Waals surface area contributed by atoms with Crippen LogP contribution in [0.25, 0.3) is 0 Å². The van der Waals surface area contributed by atoms with E-state index in [-0.39, 0.29) is 45.4 Å². The summed E-state index contributed by atoms with van der Waals surface area (Å²) >= 11 is 25.3. The van der Waals surface area contributed by atoms with Gasteiger partial charge in [-0.3, -0.25) is 13.9 Å². The highest BCUT2D eigenvalue weighted by atomic mass is 35.5. The zero-order valence-corrected chi connectivity index (χ0v) is 27.5. The van der Waals surface area contributed by atoms with E-state index in [0.29, 0.717) is 22.2 Å². The largest absolute Gasteiger partial charge is 0.354 e. The first-order valence-electron chi connectivity index (χ1n) is 13.3. The molecule has 0 saturated carbocycles. The lowest BCUT2D eigenvalue weighted by atomic mass is 10.1. The maximum atomic E-state index is 14.2. The minimum absolute atomic E-state index is 0.0191. The van der Waals surface area contributed by atoms with Gasteiger partial charge in [-0.25, -0.2) is 8.42 Å². The summed E-state index contributed by atoms with van der Waals surface area (Å²) in [6.45, 7) is 7.17. The van der Waals surface area contributed by atoms with Gasteiger partial charge in [0.1, 0.15) is 12.6 Å². The molecule has 0 spiro atoms. The van der Waals surface area contributed by atoms with Crippen LogP contribution >= 0.6 is 46.4 Å². The van der Waals surface area contributed by atoms with E-state index in [1.807, 2.05) is 20.8 Å². The number of rotatable bonds is 12. The monoisotopic (exact) mass is 671 g/mol. The maximum Gasteiger partial charge on any atom is 0.264 e. The quantitative estimate of drug-likeness (QED) is 0.218.